The molecular formula is C13H16FN3O2. The predicted octanol–water partition coefficient (Wildman–Crippen LogP) is 1.28. The average molecular weight is 265 g/mol. The monoisotopic (exact) mass is 265 g/mol. The van der Waals surface area contributed by atoms with Gasteiger partial charge in [0.2, 0.25) is 0 Å². The van der Waals surface area contributed by atoms with Crippen molar-refractivity contribution in [3.05, 3.63) is 41.7 Å². The Labute approximate surface area is 110 Å². The van der Waals surface area contributed by atoms with Crippen LogP contribution in [-0.4, -0.2) is 19.3 Å². The third kappa shape index (κ3) is 3.45. The van der Waals surface area contributed by atoms with Gasteiger partial charge in [0.05, 0.1) is 13.2 Å². The van der Waals surface area contributed by atoms with Crippen LogP contribution in [0.15, 0.2) is 29.8 Å². The number of ether oxygens (including phenoxy) is 2. The summed E-state index contributed by atoms with van der Waals surface area (Å²) < 4.78 is 24.0. The van der Waals surface area contributed by atoms with Gasteiger partial charge in [-0.1, -0.05) is 6.08 Å². The number of hydrogen-bond donors (Lipinski definition) is 2. The van der Waals surface area contributed by atoms with Crippen LogP contribution in [0.3, 0.4) is 0 Å². The Balaban J connectivity index is 2.15. The van der Waals surface area contributed by atoms with Crippen LogP contribution >= 0.6 is 0 Å². The molecule has 0 unspecified atom stereocenters. The van der Waals surface area contributed by atoms with Crippen molar-refractivity contribution in [3.8, 4) is 5.75 Å². The molecule has 1 aliphatic rings. The largest absolute Gasteiger partial charge is 0.467 e. The first kappa shape index (κ1) is 13.4. The highest BCUT2D eigenvalue weighted by atomic mass is 19.1. The Hall–Kier alpha value is -2.08. The van der Waals surface area contributed by atoms with E-state index in [1.807, 2.05) is 0 Å². The Morgan fingerprint density at radius 1 is 1.58 bits per heavy atom. The molecule has 1 aromatic carbocycles. The fourth-order valence-electron chi connectivity index (χ4n) is 1.78. The highest BCUT2D eigenvalue weighted by molar-refractivity contribution is 5.78. The van der Waals surface area contributed by atoms with Gasteiger partial charge < -0.3 is 20.5 Å². The van der Waals surface area contributed by atoms with Gasteiger partial charge in [0.1, 0.15) is 11.6 Å². The van der Waals surface area contributed by atoms with Crippen molar-refractivity contribution in [3.63, 3.8) is 0 Å². The lowest BCUT2D eigenvalue weighted by Gasteiger charge is -2.20. The summed E-state index contributed by atoms with van der Waals surface area (Å²) in [5.74, 6) is 0.577. The molecule has 1 aromatic rings. The maximum Gasteiger partial charge on any atom is 0.189 e. The van der Waals surface area contributed by atoms with E-state index < -0.39 is 0 Å². The second-order valence-electron chi connectivity index (χ2n) is 4.03. The van der Waals surface area contributed by atoms with E-state index in [0.29, 0.717) is 30.0 Å². The molecule has 0 saturated heterocycles. The molecule has 1 aliphatic heterocycles. The maximum atomic E-state index is 13.5. The smallest absolute Gasteiger partial charge is 0.189 e. The lowest BCUT2D eigenvalue weighted by atomic mass is 10.1. The molecule has 102 valence electrons. The average Bonchev–Trinajstić information content (AvgIpc) is 2.42. The van der Waals surface area contributed by atoms with Crippen LogP contribution < -0.4 is 15.8 Å². The van der Waals surface area contributed by atoms with E-state index in [0.717, 1.165) is 0 Å². The number of nitrogens with one attached hydrogen (secondary N) is 1. The van der Waals surface area contributed by atoms with Gasteiger partial charge in [0.15, 0.2) is 12.8 Å². The van der Waals surface area contributed by atoms with Crippen LogP contribution in [0.5, 0.6) is 5.75 Å². The van der Waals surface area contributed by atoms with E-state index in [9.17, 15) is 4.39 Å². The summed E-state index contributed by atoms with van der Waals surface area (Å²) in [6.07, 6.45) is 1.67. The quantitative estimate of drug-likeness (QED) is 0.489. The molecule has 1 heterocycles. The maximum absolute atomic E-state index is 13.5. The highest BCUT2D eigenvalue weighted by Crippen LogP contribution is 2.29. The van der Waals surface area contributed by atoms with Gasteiger partial charge in [-0.3, -0.25) is 0 Å². The van der Waals surface area contributed by atoms with Gasteiger partial charge in [-0.15, -0.1) is 6.58 Å². The molecule has 0 amide bonds. The molecule has 0 aromatic heterocycles. The Kier molecular flexibility index (Phi) is 4.35. The third-order valence-corrected chi connectivity index (χ3v) is 2.60. The number of nitrogens with zero attached hydrogens (tertiary/aromatic N) is 1. The van der Waals surface area contributed by atoms with Gasteiger partial charge >= 0.3 is 0 Å². The van der Waals surface area contributed by atoms with E-state index in [2.05, 4.69) is 16.9 Å². The van der Waals surface area contributed by atoms with E-state index >= 15 is 0 Å². The molecule has 0 atom stereocenters. The first-order valence-electron chi connectivity index (χ1n) is 5.87. The van der Waals surface area contributed by atoms with Crippen LogP contribution in [-0.2, 0) is 17.9 Å². The summed E-state index contributed by atoms with van der Waals surface area (Å²) >= 11 is 0. The second kappa shape index (κ2) is 6.19. The molecule has 0 spiro atoms. The minimum absolute atomic E-state index is 0.166. The molecule has 5 nitrogen and oxygen atoms in total. The van der Waals surface area contributed by atoms with Gasteiger partial charge in [-0.2, -0.15) is 0 Å². The van der Waals surface area contributed by atoms with Crippen molar-refractivity contribution in [1.29, 1.82) is 0 Å². The van der Waals surface area contributed by atoms with Crippen molar-refractivity contribution in [2.75, 3.05) is 13.3 Å². The highest BCUT2D eigenvalue weighted by Gasteiger charge is 2.16. The minimum Gasteiger partial charge on any atom is -0.467 e. The van der Waals surface area contributed by atoms with Crippen LogP contribution in [0.4, 0.5) is 4.39 Å². The van der Waals surface area contributed by atoms with Gasteiger partial charge in [-0.05, 0) is 12.1 Å². The lowest BCUT2D eigenvalue weighted by molar-refractivity contribution is -0.0172. The molecule has 2 rings (SSSR count). The van der Waals surface area contributed by atoms with Crippen LogP contribution in [0.25, 0.3) is 0 Å². The van der Waals surface area contributed by atoms with E-state index in [1.54, 1.807) is 6.08 Å². The molecule has 0 radical (unpaired) electrons. The second-order valence-corrected chi connectivity index (χ2v) is 4.03. The summed E-state index contributed by atoms with van der Waals surface area (Å²) in [5, 5.41) is 2.85. The van der Waals surface area contributed by atoms with Gasteiger partial charge in [0, 0.05) is 17.7 Å². The number of halogens is 1. The summed E-state index contributed by atoms with van der Waals surface area (Å²) in [7, 11) is 0. The van der Waals surface area contributed by atoms with Crippen molar-refractivity contribution in [1.82, 2.24) is 5.32 Å². The number of benzene rings is 1. The lowest BCUT2D eigenvalue weighted by Crippen LogP contribution is -2.31. The fraction of sp³-hybridized carbons (Fsp3) is 0.308. The molecule has 3 N–H and O–H groups in total. The predicted molar refractivity (Wildman–Crippen MR) is 70.2 cm³/mol. The SMILES string of the molecule is C=CCNC(N)=NCc1cc(F)cc2c1OCOC2. The van der Waals surface area contributed by atoms with Crippen molar-refractivity contribution < 1.29 is 13.9 Å². The van der Waals surface area contributed by atoms with Crippen molar-refractivity contribution in [2.45, 2.75) is 13.2 Å². The number of rotatable bonds is 4. The molecule has 0 fully saturated rings. The van der Waals surface area contributed by atoms with Gasteiger partial charge in [0.25, 0.3) is 0 Å². The van der Waals surface area contributed by atoms with Crippen LogP contribution in [0, 0.1) is 5.82 Å². The Morgan fingerprint density at radius 3 is 3.21 bits per heavy atom. The molecule has 0 aliphatic carbocycles. The summed E-state index contributed by atoms with van der Waals surface area (Å²) in [6.45, 7) is 4.85. The third-order valence-electron chi connectivity index (χ3n) is 2.60. The number of guanidine groups is 1. The summed E-state index contributed by atoms with van der Waals surface area (Å²) in [5.41, 5.74) is 7.00. The normalized spacial score (nSPS) is 14.5. The molecule has 0 bridgehead atoms. The van der Waals surface area contributed by atoms with Crippen LogP contribution in [0.1, 0.15) is 11.1 Å². The topological polar surface area (TPSA) is 68.9 Å². The molecule has 0 saturated carbocycles. The number of fused-ring (bicyclic) bond motifs is 1. The molecular weight excluding hydrogens is 249 g/mol. The number of nitrogens with two attached hydrogens (primary N) is 1. The zero-order valence-corrected chi connectivity index (χ0v) is 10.5. The van der Waals surface area contributed by atoms with E-state index in [-0.39, 0.29) is 25.1 Å². The van der Waals surface area contributed by atoms with Gasteiger partial charge in [-0.25, -0.2) is 9.38 Å². The minimum atomic E-state index is -0.337. The Morgan fingerprint density at radius 2 is 2.42 bits per heavy atom. The molecule has 19 heavy (non-hydrogen) atoms. The zero-order chi connectivity index (χ0) is 13.7. The summed E-state index contributed by atoms with van der Waals surface area (Å²) in [6, 6.07) is 2.80. The summed E-state index contributed by atoms with van der Waals surface area (Å²) in [4.78, 5) is 4.13. The van der Waals surface area contributed by atoms with Crippen molar-refractivity contribution in [2.24, 2.45) is 10.7 Å². The van der Waals surface area contributed by atoms with E-state index in [1.165, 1.54) is 12.1 Å². The standard InChI is InChI=1S/C13H16FN3O2/c1-2-3-16-13(15)17-6-9-4-11(14)5-10-7-18-8-19-12(9)10/h2,4-5H,1,3,6-8H2,(H3,15,16,17). The first-order chi connectivity index (χ1) is 9.20. The number of hydrogen-bond acceptors (Lipinski definition) is 3. The van der Waals surface area contributed by atoms with Crippen LogP contribution in [0.2, 0.25) is 0 Å². The van der Waals surface area contributed by atoms with E-state index in [4.69, 9.17) is 15.2 Å². The zero-order valence-electron chi connectivity index (χ0n) is 10.5. The Bertz CT molecular complexity index is 503. The fourth-order valence-corrected chi connectivity index (χ4v) is 1.78. The first-order valence-corrected chi connectivity index (χ1v) is 5.87. The number of aliphatic imine (C=N–C) groups is 1. The van der Waals surface area contributed by atoms with Crippen molar-refractivity contribution >= 4 is 5.96 Å². The molecule has 6 heteroatoms.